The number of carbonyl (C=O) groups excluding carboxylic acids is 2. The molecule has 6 nitrogen and oxygen atoms in total. The van der Waals surface area contributed by atoms with Crippen LogP contribution in [-0.4, -0.2) is 21.6 Å². The van der Waals surface area contributed by atoms with Gasteiger partial charge in [0.15, 0.2) is 0 Å². The van der Waals surface area contributed by atoms with E-state index in [1.54, 1.807) is 0 Å². The van der Waals surface area contributed by atoms with Gasteiger partial charge in [-0.3, -0.25) is 14.3 Å². The molecule has 1 aliphatic carbocycles. The first-order valence-electron chi connectivity index (χ1n) is 11.5. The SMILES string of the molecule is Cc1nn(CC(C)C)c(C)c1CCC(=O)NCc1cccc(NC(=O)C2CCCC2)c1. The van der Waals surface area contributed by atoms with Crippen molar-refractivity contribution in [3.63, 3.8) is 0 Å². The molecular formula is C25H36N4O2. The molecule has 2 aromatic rings. The van der Waals surface area contributed by atoms with Gasteiger partial charge in [-0.15, -0.1) is 0 Å². The molecule has 0 spiro atoms. The minimum Gasteiger partial charge on any atom is -0.352 e. The largest absolute Gasteiger partial charge is 0.352 e. The zero-order valence-corrected chi connectivity index (χ0v) is 19.3. The Labute approximate surface area is 185 Å². The Morgan fingerprint density at radius 2 is 1.94 bits per heavy atom. The predicted molar refractivity (Wildman–Crippen MR) is 124 cm³/mol. The Balaban J connectivity index is 1.49. The summed E-state index contributed by atoms with van der Waals surface area (Å²) in [6, 6.07) is 7.73. The maximum Gasteiger partial charge on any atom is 0.227 e. The van der Waals surface area contributed by atoms with Gasteiger partial charge in [-0.05, 0) is 62.3 Å². The van der Waals surface area contributed by atoms with Crippen molar-refractivity contribution in [2.45, 2.75) is 79.3 Å². The molecule has 1 heterocycles. The fourth-order valence-corrected chi connectivity index (χ4v) is 4.34. The Hall–Kier alpha value is -2.63. The van der Waals surface area contributed by atoms with E-state index in [9.17, 15) is 9.59 Å². The number of hydrogen-bond acceptors (Lipinski definition) is 3. The van der Waals surface area contributed by atoms with Crippen LogP contribution in [0.1, 0.15) is 68.5 Å². The Kier molecular flexibility index (Phi) is 7.88. The highest BCUT2D eigenvalue weighted by molar-refractivity contribution is 5.92. The van der Waals surface area contributed by atoms with Gasteiger partial charge in [0.2, 0.25) is 11.8 Å². The first-order chi connectivity index (χ1) is 14.8. The third-order valence-electron chi connectivity index (χ3n) is 6.08. The van der Waals surface area contributed by atoms with Gasteiger partial charge < -0.3 is 10.6 Å². The van der Waals surface area contributed by atoms with Gasteiger partial charge >= 0.3 is 0 Å². The second-order valence-corrected chi connectivity index (χ2v) is 9.17. The van der Waals surface area contributed by atoms with Crippen LogP contribution in [0.5, 0.6) is 0 Å². The topological polar surface area (TPSA) is 76.0 Å². The highest BCUT2D eigenvalue weighted by Gasteiger charge is 2.22. The number of carbonyl (C=O) groups is 2. The van der Waals surface area contributed by atoms with Crippen molar-refractivity contribution >= 4 is 17.5 Å². The molecule has 1 aromatic heterocycles. The van der Waals surface area contributed by atoms with Crippen LogP contribution in [0.3, 0.4) is 0 Å². The molecule has 0 saturated heterocycles. The molecule has 1 saturated carbocycles. The fourth-order valence-electron chi connectivity index (χ4n) is 4.34. The van der Waals surface area contributed by atoms with Crippen molar-refractivity contribution in [2.75, 3.05) is 5.32 Å². The summed E-state index contributed by atoms with van der Waals surface area (Å²) in [5, 5.41) is 10.7. The van der Waals surface area contributed by atoms with E-state index >= 15 is 0 Å². The molecule has 0 unspecified atom stereocenters. The summed E-state index contributed by atoms with van der Waals surface area (Å²) in [6.45, 7) is 9.81. The zero-order chi connectivity index (χ0) is 22.4. The standard InChI is InChI=1S/C25H36N4O2/c1-17(2)16-29-19(4)23(18(3)28-29)12-13-24(30)26-15-20-8-7-11-22(14-20)27-25(31)21-9-5-6-10-21/h7-8,11,14,17,21H,5-6,9-10,12-13,15-16H2,1-4H3,(H,26,30)(H,27,31). The van der Waals surface area contributed by atoms with Crippen LogP contribution in [0.4, 0.5) is 5.69 Å². The van der Waals surface area contributed by atoms with Gasteiger partial charge in [-0.1, -0.05) is 38.8 Å². The van der Waals surface area contributed by atoms with E-state index in [4.69, 9.17) is 0 Å². The van der Waals surface area contributed by atoms with Crippen LogP contribution in [0, 0.1) is 25.7 Å². The molecule has 6 heteroatoms. The molecule has 0 radical (unpaired) electrons. The summed E-state index contributed by atoms with van der Waals surface area (Å²) in [7, 11) is 0. The van der Waals surface area contributed by atoms with E-state index in [1.165, 1.54) is 5.56 Å². The number of rotatable bonds is 9. The Bertz CT molecular complexity index is 910. The van der Waals surface area contributed by atoms with Crippen LogP contribution in [0.2, 0.25) is 0 Å². The molecule has 31 heavy (non-hydrogen) atoms. The third kappa shape index (κ3) is 6.42. The predicted octanol–water partition coefficient (Wildman–Crippen LogP) is 4.53. The van der Waals surface area contributed by atoms with E-state index < -0.39 is 0 Å². The van der Waals surface area contributed by atoms with Crippen LogP contribution in [0.15, 0.2) is 24.3 Å². The van der Waals surface area contributed by atoms with Crippen LogP contribution in [0.25, 0.3) is 0 Å². The molecule has 0 aliphatic heterocycles. The van der Waals surface area contributed by atoms with Crippen LogP contribution in [-0.2, 0) is 29.1 Å². The van der Waals surface area contributed by atoms with Crippen molar-refractivity contribution in [1.29, 1.82) is 0 Å². The average Bonchev–Trinajstić information content (AvgIpc) is 3.34. The smallest absolute Gasteiger partial charge is 0.227 e. The molecular weight excluding hydrogens is 388 g/mol. The highest BCUT2D eigenvalue weighted by Crippen LogP contribution is 2.26. The lowest BCUT2D eigenvalue weighted by Crippen LogP contribution is -2.23. The normalized spacial score (nSPS) is 14.2. The molecule has 2 amide bonds. The fraction of sp³-hybridized carbons (Fsp3) is 0.560. The maximum absolute atomic E-state index is 12.4. The number of benzene rings is 1. The lowest BCUT2D eigenvalue weighted by atomic mass is 10.1. The second-order valence-electron chi connectivity index (χ2n) is 9.17. The first-order valence-corrected chi connectivity index (χ1v) is 11.5. The summed E-state index contributed by atoms with van der Waals surface area (Å²) in [6.07, 6.45) is 5.38. The van der Waals surface area contributed by atoms with Crippen LogP contribution >= 0.6 is 0 Å². The van der Waals surface area contributed by atoms with E-state index in [0.717, 1.165) is 54.9 Å². The van der Waals surface area contributed by atoms with Crippen LogP contribution < -0.4 is 10.6 Å². The summed E-state index contributed by atoms with van der Waals surface area (Å²) in [4.78, 5) is 24.8. The van der Waals surface area contributed by atoms with Gasteiger partial charge in [-0.2, -0.15) is 5.10 Å². The third-order valence-corrected chi connectivity index (χ3v) is 6.08. The van der Waals surface area contributed by atoms with E-state index in [2.05, 4.69) is 41.2 Å². The number of hydrogen-bond donors (Lipinski definition) is 2. The lowest BCUT2D eigenvalue weighted by Gasteiger charge is -2.12. The highest BCUT2D eigenvalue weighted by atomic mass is 16.2. The molecule has 0 atom stereocenters. The van der Waals surface area contributed by atoms with Gasteiger partial charge in [0.05, 0.1) is 5.69 Å². The Morgan fingerprint density at radius 1 is 1.19 bits per heavy atom. The monoisotopic (exact) mass is 424 g/mol. The van der Waals surface area contributed by atoms with Gasteiger partial charge in [0.25, 0.3) is 0 Å². The Morgan fingerprint density at radius 3 is 2.65 bits per heavy atom. The number of nitrogens with zero attached hydrogens (tertiary/aromatic N) is 2. The maximum atomic E-state index is 12.4. The number of aryl methyl sites for hydroxylation is 1. The van der Waals surface area contributed by atoms with E-state index in [1.807, 2.05) is 31.2 Å². The van der Waals surface area contributed by atoms with E-state index in [-0.39, 0.29) is 17.7 Å². The van der Waals surface area contributed by atoms with Gasteiger partial charge in [-0.25, -0.2) is 0 Å². The minimum atomic E-state index is 0.0239. The molecule has 1 aliphatic rings. The van der Waals surface area contributed by atoms with Gasteiger partial charge in [0.1, 0.15) is 0 Å². The minimum absolute atomic E-state index is 0.0239. The number of anilines is 1. The molecule has 1 aromatic carbocycles. The zero-order valence-electron chi connectivity index (χ0n) is 19.3. The molecule has 1 fully saturated rings. The summed E-state index contributed by atoms with van der Waals surface area (Å²) in [5.41, 5.74) is 5.12. The summed E-state index contributed by atoms with van der Waals surface area (Å²) < 4.78 is 2.05. The van der Waals surface area contributed by atoms with Crippen molar-refractivity contribution < 1.29 is 9.59 Å². The average molecular weight is 425 g/mol. The van der Waals surface area contributed by atoms with E-state index in [0.29, 0.717) is 25.3 Å². The first kappa shape index (κ1) is 23.0. The number of amides is 2. The van der Waals surface area contributed by atoms with Crippen molar-refractivity contribution in [3.05, 3.63) is 46.8 Å². The molecule has 2 N–H and O–H groups in total. The van der Waals surface area contributed by atoms with Gasteiger partial charge in [0, 0.05) is 36.8 Å². The van der Waals surface area contributed by atoms with Crippen molar-refractivity contribution in [1.82, 2.24) is 15.1 Å². The number of nitrogens with one attached hydrogen (secondary N) is 2. The molecule has 0 bridgehead atoms. The summed E-state index contributed by atoms with van der Waals surface area (Å²) in [5.74, 6) is 0.811. The second kappa shape index (κ2) is 10.6. The van der Waals surface area contributed by atoms with Crippen molar-refractivity contribution in [2.24, 2.45) is 11.8 Å². The quantitative estimate of drug-likeness (QED) is 0.621. The van der Waals surface area contributed by atoms with Crippen molar-refractivity contribution in [3.8, 4) is 0 Å². The lowest BCUT2D eigenvalue weighted by molar-refractivity contribution is -0.121. The summed E-state index contributed by atoms with van der Waals surface area (Å²) >= 11 is 0. The molecule has 3 rings (SSSR count). The molecule has 168 valence electrons. The number of aromatic nitrogens is 2.